The Morgan fingerprint density at radius 2 is 1.45 bits per heavy atom. The van der Waals surface area contributed by atoms with Crippen LogP contribution in [0.5, 0.6) is 0 Å². The van der Waals surface area contributed by atoms with Crippen molar-refractivity contribution in [1.29, 1.82) is 0 Å². The average Bonchev–Trinajstić information content (AvgIpc) is 2.77. The van der Waals surface area contributed by atoms with E-state index in [9.17, 15) is 9.59 Å². The zero-order chi connectivity index (χ0) is 15.5. The first-order chi connectivity index (χ1) is 10.7. The summed E-state index contributed by atoms with van der Waals surface area (Å²) >= 11 is 6.04. The number of carbonyl (C=O) groups excluding carboxylic acids is 2. The summed E-state index contributed by atoms with van der Waals surface area (Å²) in [6.45, 7) is 0.425. The maximum Gasteiger partial charge on any atom is 0.283 e. The molecule has 5 heteroatoms. The second-order valence-corrected chi connectivity index (χ2v) is 5.19. The lowest BCUT2D eigenvalue weighted by Crippen LogP contribution is -2.33. The van der Waals surface area contributed by atoms with E-state index < -0.39 is 11.8 Å². The van der Waals surface area contributed by atoms with E-state index in [0.29, 0.717) is 12.2 Å². The fourth-order valence-electron chi connectivity index (χ4n) is 2.25. The van der Waals surface area contributed by atoms with Gasteiger partial charge in [0.2, 0.25) is 0 Å². The van der Waals surface area contributed by atoms with Crippen molar-refractivity contribution in [3.63, 3.8) is 0 Å². The number of hydrogen-bond donors (Lipinski definition) is 1. The number of para-hydroxylation sites is 1. The summed E-state index contributed by atoms with van der Waals surface area (Å²) in [4.78, 5) is 25.7. The fourth-order valence-corrected chi connectivity index (χ4v) is 2.49. The molecule has 1 aliphatic rings. The van der Waals surface area contributed by atoms with Gasteiger partial charge < -0.3 is 5.32 Å². The minimum atomic E-state index is -0.506. The molecule has 1 N–H and O–H groups in total. The van der Waals surface area contributed by atoms with E-state index in [1.54, 1.807) is 24.3 Å². The van der Waals surface area contributed by atoms with Crippen LogP contribution in [-0.2, 0) is 16.1 Å². The van der Waals surface area contributed by atoms with E-state index in [-0.39, 0.29) is 10.7 Å². The van der Waals surface area contributed by atoms with E-state index in [4.69, 9.17) is 11.6 Å². The van der Waals surface area contributed by atoms with Crippen molar-refractivity contribution in [1.82, 2.24) is 5.32 Å². The van der Waals surface area contributed by atoms with Crippen LogP contribution in [0.15, 0.2) is 71.4 Å². The maximum atomic E-state index is 12.4. The first-order valence-electron chi connectivity index (χ1n) is 6.80. The van der Waals surface area contributed by atoms with Crippen LogP contribution in [0.3, 0.4) is 0 Å². The predicted octanol–water partition coefficient (Wildman–Crippen LogP) is 2.80. The molecule has 0 atom stereocenters. The smallest absolute Gasteiger partial charge is 0.283 e. The first-order valence-corrected chi connectivity index (χ1v) is 7.17. The van der Waals surface area contributed by atoms with Gasteiger partial charge in [0.15, 0.2) is 0 Å². The molecule has 0 unspecified atom stereocenters. The molecule has 0 saturated heterocycles. The first kappa shape index (κ1) is 14.4. The number of anilines is 1. The van der Waals surface area contributed by atoms with Gasteiger partial charge in [0.05, 0.1) is 5.69 Å². The van der Waals surface area contributed by atoms with Crippen molar-refractivity contribution in [2.24, 2.45) is 0 Å². The predicted molar refractivity (Wildman–Crippen MR) is 85.1 cm³/mol. The molecule has 1 heterocycles. The van der Waals surface area contributed by atoms with Crippen molar-refractivity contribution in [2.75, 3.05) is 4.90 Å². The van der Waals surface area contributed by atoms with Crippen LogP contribution in [0.4, 0.5) is 5.69 Å². The Balaban J connectivity index is 1.80. The van der Waals surface area contributed by atoms with Gasteiger partial charge in [-0.2, -0.15) is 0 Å². The molecular weight excluding hydrogens is 300 g/mol. The molecule has 0 bridgehead atoms. The second kappa shape index (κ2) is 6.03. The summed E-state index contributed by atoms with van der Waals surface area (Å²) in [6, 6.07) is 18.3. The summed E-state index contributed by atoms with van der Waals surface area (Å²) in [5.41, 5.74) is 1.64. The third kappa shape index (κ3) is 2.61. The summed E-state index contributed by atoms with van der Waals surface area (Å²) in [5.74, 6) is -0.939. The SMILES string of the molecule is O=C1C(Cl)=C(NCc2ccccc2)C(=O)N1c1ccccc1. The van der Waals surface area contributed by atoms with Gasteiger partial charge in [-0.3, -0.25) is 9.59 Å². The summed E-state index contributed by atoms with van der Waals surface area (Å²) < 4.78 is 0. The summed E-state index contributed by atoms with van der Waals surface area (Å²) in [5, 5.41) is 2.88. The van der Waals surface area contributed by atoms with Crippen LogP contribution >= 0.6 is 11.6 Å². The molecule has 0 saturated carbocycles. The normalized spacial score (nSPS) is 14.7. The highest BCUT2D eigenvalue weighted by atomic mass is 35.5. The molecule has 110 valence electrons. The third-order valence-corrected chi connectivity index (χ3v) is 3.70. The highest BCUT2D eigenvalue weighted by Crippen LogP contribution is 2.27. The summed E-state index contributed by atoms with van der Waals surface area (Å²) in [6.07, 6.45) is 0. The van der Waals surface area contributed by atoms with Crippen molar-refractivity contribution in [3.05, 3.63) is 77.0 Å². The lowest BCUT2D eigenvalue weighted by Gasteiger charge is -2.14. The maximum absolute atomic E-state index is 12.4. The number of rotatable bonds is 4. The van der Waals surface area contributed by atoms with E-state index >= 15 is 0 Å². The second-order valence-electron chi connectivity index (χ2n) is 4.81. The van der Waals surface area contributed by atoms with Crippen LogP contribution in [0.2, 0.25) is 0 Å². The average molecular weight is 313 g/mol. The van der Waals surface area contributed by atoms with Crippen LogP contribution in [0.1, 0.15) is 5.56 Å². The highest BCUT2D eigenvalue weighted by Gasteiger charge is 2.38. The Morgan fingerprint density at radius 3 is 2.09 bits per heavy atom. The molecule has 22 heavy (non-hydrogen) atoms. The largest absolute Gasteiger partial charge is 0.375 e. The monoisotopic (exact) mass is 312 g/mol. The molecule has 1 aliphatic heterocycles. The van der Waals surface area contributed by atoms with Crippen LogP contribution in [0.25, 0.3) is 0 Å². The van der Waals surface area contributed by atoms with Gasteiger partial charge >= 0.3 is 0 Å². The number of nitrogens with one attached hydrogen (secondary N) is 1. The third-order valence-electron chi connectivity index (χ3n) is 3.35. The molecule has 0 fully saturated rings. The van der Waals surface area contributed by atoms with Crippen LogP contribution in [-0.4, -0.2) is 11.8 Å². The van der Waals surface area contributed by atoms with Gasteiger partial charge in [-0.15, -0.1) is 0 Å². The number of amides is 2. The van der Waals surface area contributed by atoms with Crippen LogP contribution in [0, 0.1) is 0 Å². The van der Waals surface area contributed by atoms with Crippen molar-refractivity contribution >= 4 is 29.1 Å². The zero-order valence-electron chi connectivity index (χ0n) is 11.6. The highest BCUT2D eigenvalue weighted by molar-refractivity contribution is 6.52. The number of halogens is 1. The van der Waals surface area contributed by atoms with E-state index in [1.807, 2.05) is 36.4 Å². The van der Waals surface area contributed by atoms with Crippen molar-refractivity contribution < 1.29 is 9.59 Å². The topological polar surface area (TPSA) is 49.4 Å². The molecule has 0 aromatic heterocycles. The van der Waals surface area contributed by atoms with Gasteiger partial charge in [0.25, 0.3) is 11.8 Å². The Hall–Kier alpha value is -2.59. The van der Waals surface area contributed by atoms with Gasteiger partial charge in [-0.05, 0) is 17.7 Å². The van der Waals surface area contributed by atoms with Gasteiger partial charge in [0, 0.05) is 6.54 Å². The fraction of sp³-hybridized carbons (Fsp3) is 0.0588. The molecule has 4 nitrogen and oxygen atoms in total. The number of benzene rings is 2. The van der Waals surface area contributed by atoms with E-state index in [2.05, 4.69) is 5.32 Å². The Bertz CT molecular complexity index is 742. The molecule has 0 spiro atoms. The lowest BCUT2D eigenvalue weighted by molar-refractivity contribution is -0.120. The number of nitrogens with zero attached hydrogens (tertiary/aromatic N) is 1. The molecule has 0 aliphatic carbocycles. The van der Waals surface area contributed by atoms with Gasteiger partial charge in [-0.1, -0.05) is 60.1 Å². The minimum absolute atomic E-state index is 0.0789. The quantitative estimate of drug-likeness (QED) is 0.883. The Kier molecular flexibility index (Phi) is 3.94. The number of hydrogen-bond acceptors (Lipinski definition) is 3. The Morgan fingerprint density at radius 1 is 0.864 bits per heavy atom. The van der Waals surface area contributed by atoms with E-state index in [1.165, 1.54) is 0 Å². The molecule has 2 aromatic carbocycles. The number of imide groups is 1. The summed E-state index contributed by atoms with van der Waals surface area (Å²) in [7, 11) is 0. The molecule has 2 amide bonds. The Labute approximate surface area is 133 Å². The van der Waals surface area contributed by atoms with Crippen molar-refractivity contribution in [3.8, 4) is 0 Å². The van der Waals surface area contributed by atoms with Crippen molar-refractivity contribution in [2.45, 2.75) is 6.54 Å². The van der Waals surface area contributed by atoms with E-state index in [0.717, 1.165) is 10.5 Å². The molecule has 2 aromatic rings. The molecule has 0 radical (unpaired) electrons. The van der Waals surface area contributed by atoms with Crippen LogP contribution < -0.4 is 10.2 Å². The minimum Gasteiger partial charge on any atom is -0.375 e. The zero-order valence-corrected chi connectivity index (χ0v) is 12.4. The molecule has 3 rings (SSSR count). The lowest BCUT2D eigenvalue weighted by atomic mass is 10.2. The van der Waals surface area contributed by atoms with Gasteiger partial charge in [-0.25, -0.2) is 4.90 Å². The van der Waals surface area contributed by atoms with Gasteiger partial charge in [0.1, 0.15) is 10.7 Å². The number of carbonyl (C=O) groups is 2. The standard InChI is InChI=1S/C17H13ClN2O2/c18-14-15(19-11-12-7-3-1-4-8-12)17(22)20(16(14)21)13-9-5-2-6-10-13/h1-10,19H,11H2. The molecular formula is C17H13ClN2O2.